The van der Waals surface area contributed by atoms with Gasteiger partial charge in [0.2, 0.25) is 0 Å². The molecule has 0 spiro atoms. The highest BCUT2D eigenvalue weighted by Gasteiger charge is 2.46. The molecule has 0 aliphatic carbocycles. The maximum atomic E-state index is 12.9. The summed E-state index contributed by atoms with van der Waals surface area (Å²) in [6, 6.07) is 7.83. The van der Waals surface area contributed by atoms with E-state index >= 15 is 0 Å². The molecule has 0 saturated carbocycles. The molecule has 1 aromatic heterocycles. The van der Waals surface area contributed by atoms with Gasteiger partial charge in [0, 0.05) is 30.7 Å². The Hall–Kier alpha value is -2.35. The molecule has 1 N–H and O–H groups in total. The number of aliphatic hydroxyl groups excluding tert-OH is 1. The number of aliphatic hydroxyl groups is 1. The minimum absolute atomic E-state index is 0.0691. The summed E-state index contributed by atoms with van der Waals surface area (Å²) in [6.07, 6.45) is 0.584. The van der Waals surface area contributed by atoms with Crippen LogP contribution in [0.25, 0.3) is 5.76 Å². The fourth-order valence-electron chi connectivity index (χ4n) is 3.30. The molecular formula is C21H22ClNO5S. The third-order valence-electron chi connectivity index (χ3n) is 4.60. The monoisotopic (exact) mass is 435 g/mol. The van der Waals surface area contributed by atoms with Crippen LogP contribution >= 0.6 is 22.9 Å². The third kappa shape index (κ3) is 4.32. The number of carbonyl (C=O) groups excluding carboxylic acids is 2. The SMILES string of the molecule is CCOc1cc(/C(O)=C2/C(=O)C(=O)N(CCCOC)C2c2cccs2)ccc1Cl. The molecule has 1 atom stereocenters. The van der Waals surface area contributed by atoms with E-state index in [0.29, 0.717) is 42.5 Å². The average molecular weight is 436 g/mol. The number of rotatable bonds is 8. The molecule has 154 valence electrons. The number of Topliss-reactive ketones (excluding diaryl/α,β-unsaturated/α-hetero) is 1. The number of nitrogens with zero attached hydrogens (tertiary/aromatic N) is 1. The Balaban J connectivity index is 2.08. The summed E-state index contributed by atoms with van der Waals surface area (Å²) in [4.78, 5) is 27.9. The molecule has 1 amide bonds. The van der Waals surface area contributed by atoms with Crippen molar-refractivity contribution in [3.05, 3.63) is 56.7 Å². The molecule has 2 heterocycles. The van der Waals surface area contributed by atoms with Crippen molar-refractivity contribution in [2.45, 2.75) is 19.4 Å². The molecule has 1 saturated heterocycles. The molecule has 1 aromatic carbocycles. The zero-order chi connectivity index (χ0) is 21.0. The summed E-state index contributed by atoms with van der Waals surface area (Å²) < 4.78 is 10.6. The fourth-order valence-corrected chi connectivity index (χ4v) is 4.32. The van der Waals surface area contributed by atoms with Crippen molar-refractivity contribution >= 4 is 40.4 Å². The maximum Gasteiger partial charge on any atom is 0.295 e. The van der Waals surface area contributed by atoms with Crippen molar-refractivity contribution in [3.63, 3.8) is 0 Å². The second-order valence-electron chi connectivity index (χ2n) is 6.43. The van der Waals surface area contributed by atoms with Gasteiger partial charge in [-0.2, -0.15) is 0 Å². The quantitative estimate of drug-likeness (QED) is 0.290. The van der Waals surface area contributed by atoms with E-state index in [2.05, 4.69) is 0 Å². The number of ether oxygens (including phenoxy) is 2. The molecular weight excluding hydrogens is 414 g/mol. The second kappa shape index (κ2) is 9.43. The molecule has 1 fully saturated rings. The number of hydrogen-bond acceptors (Lipinski definition) is 6. The number of benzene rings is 1. The van der Waals surface area contributed by atoms with Crippen molar-refractivity contribution in [3.8, 4) is 5.75 Å². The van der Waals surface area contributed by atoms with Crippen LogP contribution in [0.2, 0.25) is 5.02 Å². The zero-order valence-electron chi connectivity index (χ0n) is 16.2. The van der Waals surface area contributed by atoms with Crippen LogP contribution in [0.1, 0.15) is 29.8 Å². The molecule has 3 rings (SSSR count). The average Bonchev–Trinajstić information content (AvgIpc) is 3.32. The smallest absolute Gasteiger partial charge is 0.295 e. The van der Waals surface area contributed by atoms with Crippen LogP contribution in [0.5, 0.6) is 5.75 Å². The van der Waals surface area contributed by atoms with Gasteiger partial charge in [0.1, 0.15) is 11.5 Å². The largest absolute Gasteiger partial charge is 0.507 e. The van der Waals surface area contributed by atoms with E-state index in [-0.39, 0.29) is 11.3 Å². The standard InChI is InChI=1S/C21H22ClNO5S/c1-3-28-15-12-13(7-8-14(15)22)19(24)17-18(16-6-4-11-29-16)23(9-5-10-27-2)21(26)20(17)25/h4,6-8,11-12,18,24H,3,5,9-10H2,1-2H3/b19-17-. The predicted octanol–water partition coefficient (Wildman–Crippen LogP) is 4.26. The first kappa shape index (κ1) is 21.4. The number of amides is 1. The maximum absolute atomic E-state index is 12.9. The van der Waals surface area contributed by atoms with Gasteiger partial charge < -0.3 is 19.5 Å². The Bertz CT molecular complexity index is 925. The highest BCUT2D eigenvalue weighted by molar-refractivity contribution is 7.10. The van der Waals surface area contributed by atoms with Crippen LogP contribution in [0.4, 0.5) is 0 Å². The van der Waals surface area contributed by atoms with E-state index in [1.54, 1.807) is 25.3 Å². The van der Waals surface area contributed by atoms with Gasteiger partial charge in [-0.3, -0.25) is 9.59 Å². The van der Waals surface area contributed by atoms with Crippen molar-refractivity contribution in [2.75, 3.05) is 26.9 Å². The van der Waals surface area contributed by atoms with Crippen LogP contribution in [0.3, 0.4) is 0 Å². The van der Waals surface area contributed by atoms with E-state index in [4.69, 9.17) is 21.1 Å². The Kier molecular flexibility index (Phi) is 6.95. The molecule has 0 bridgehead atoms. The Morgan fingerprint density at radius 2 is 2.10 bits per heavy atom. The first-order chi connectivity index (χ1) is 14.0. The number of carbonyl (C=O) groups is 2. The Morgan fingerprint density at radius 1 is 1.31 bits per heavy atom. The first-order valence-corrected chi connectivity index (χ1v) is 10.5. The molecule has 6 nitrogen and oxygen atoms in total. The number of likely N-dealkylation sites (tertiary alicyclic amines) is 1. The van der Waals surface area contributed by atoms with E-state index in [0.717, 1.165) is 4.88 Å². The Labute approximate surface area is 178 Å². The molecule has 2 aromatic rings. The van der Waals surface area contributed by atoms with Crippen molar-refractivity contribution in [1.82, 2.24) is 4.90 Å². The lowest BCUT2D eigenvalue weighted by Crippen LogP contribution is -2.31. The fraction of sp³-hybridized carbons (Fsp3) is 0.333. The minimum atomic E-state index is -0.703. The van der Waals surface area contributed by atoms with E-state index in [1.807, 2.05) is 24.4 Å². The normalized spacial score (nSPS) is 18.4. The molecule has 1 aliphatic rings. The molecule has 1 unspecified atom stereocenters. The molecule has 0 radical (unpaired) electrons. The highest BCUT2D eigenvalue weighted by atomic mass is 35.5. The van der Waals surface area contributed by atoms with Crippen molar-refractivity contribution in [2.24, 2.45) is 0 Å². The molecule has 29 heavy (non-hydrogen) atoms. The number of hydrogen-bond donors (Lipinski definition) is 1. The van der Waals surface area contributed by atoms with Crippen LogP contribution in [0, 0.1) is 0 Å². The van der Waals surface area contributed by atoms with Gasteiger partial charge in [0.15, 0.2) is 0 Å². The van der Waals surface area contributed by atoms with E-state index < -0.39 is 17.7 Å². The van der Waals surface area contributed by atoms with Gasteiger partial charge in [0.25, 0.3) is 11.7 Å². The summed E-state index contributed by atoms with van der Waals surface area (Å²) in [5.74, 6) is -1.17. The van der Waals surface area contributed by atoms with Crippen LogP contribution in [-0.4, -0.2) is 48.6 Å². The number of halogens is 1. The molecule has 8 heteroatoms. The number of thiophene rings is 1. The second-order valence-corrected chi connectivity index (χ2v) is 7.82. The van der Waals surface area contributed by atoms with Crippen molar-refractivity contribution < 1.29 is 24.2 Å². The van der Waals surface area contributed by atoms with Crippen LogP contribution in [0.15, 0.2) is 41.3 Å². The minimum Gasteiger partial charge on any atom is -0.507 e. The summed E-state index contributed by atoms with van der Waals surface area (Å²) in [7, 11) is 1.58. The van der Waals surface area contributed by atoms with Crippen molar-refractivity contribution in [1.29, 1.82) is 0 Å². The summed E-state index contributed by atoms with van der Waals surface area (Å²) >= 11 is 7.56. The highest BCUT2D eigenvalue weighted by Crippen LogP contribution is 2.41. The summed E-state index contributed by atoms with van der Waals surface area (Å²) in [5.41, 5.74) is 0.439. The van der Waals surface area contributed by atoms with Gasteiger partial charge in [-0.25, -0.2) is 0 Å². The lowest BCUT2D eigenvalue weighted by molar-refractivity contribution is -0.140. The predicted molar refractivity (Wildman–Crippen MR) is 112 cm³/mol. The summed E-state index contributed by atoms with van der Waals surface area (Å²) in [5, 5.41) is 13.3. The zero-order valence-corrected chi connectivity index (χ0v) is 17.8. The van der Waals surface area contributed by atoms with Gasteiger partial charge in [-0.1, -0.05) is 17.7 Å². The lowest BCUT2D eigenvalue weighted by Gasteiger charge is -2.24. The van der Waals surface area contributed by atoms with Gasteiger partial charge in [-0.15, -0.1) is 11.3 Å². The number of ketones is 1. The molecule has 1 aliphatic heterocycles. The Morgan fingerprint density at radius 3 is 2.76 bits per heavy atom. The van der Waals surface area contributed by atoms with Gasteiger partial charge >= 0.3 is 0 Å². The van der Waals surface area contributed by atoms with Crippen LogP contribution < -0.4 is 4.74 Å². The topological polar surface area (TPSA) is 76.1 Å². The first-order valence-electron chi connectivity index (χ1n) is 9.23. The summed E-state index contributed by atoms with van der Waals surface area (Å²) in [6.45, 7) is 3.05. The van der Waals surface area contributed by atoms with Crippen LogP contribution in [-0.2, 0) is 14.3 Å². The van der Waals surface area contributed by atoms with E-state index in [9.17, 15) is 14.7 Å². The third-order valence-corrected chi connectivity index (χ3v) is 5.84. The van der Waals surface area contributed by atoms with Gasteiger partial charge in [-0.05, 0) is 43.0 Å². The lowest BCUT2D eigenvalue weighted by atomic mass is 9.99. The van der Waals surface area contributed by atoms with E-state index in [1.165, 1.54) is 16.2 Å². The number of methoxy groups -OCH3 is 1. The van der Waals surface area contributed by atoms with Gasteiger partial charge in [0.05, 0.1) is 23.2 Å².